The average molecular weight is 304 g/mol. The lowest BCUT2D eigenvalue weighted by molar-refractivity contribution is 0.301. The minimum Gasteiger partial charge on any atom is -0.464 e. The molecular formula is C15H13FN2O2S. The number of aliphatic imine (C=N–C) groups is 1. The summed E-state index contributed by atoms with van der Waals surface area (Å²) in [5.41, 5.74) is 2.40. The summed E-state index contributed by atoms with van der Waals surface area (Å²) in [5, 5.41) is 10.7. The van der Waals surface area contributed by atoms with Gasteiger partial charge in [-0.25, -0.2) is 4.39 Å². The maximum Gasteiger partial charge on any atom is 0.168 e. The fourth-order valence-electron chi connectivity index (χ4n) is 2.81. The number of thioether (sulfide) groups is 1. The Morgan fingerprint density at radius 2 is 2.29 bits per heavy atom. The Hall–Kier alpha value is -1.79. The summed E-state index contributed by atoms with van der Waals surface area (Å²) in [6, 6.07) is 4.85. The minimum atomic E-state index is -0.284. The van der Waals surface area contributed by atoms with Gasteiger partial charge in [-0.05, 0) is 18.2 Å². The molecule has 3 heterocycles. The first-order valence-electron chi connectivity index (χ1n) is 6.79. The van der Waals surface area contributed by atoms with Crippen LogP contribution in [0.3, 0.4) is 0 Å². The molecule has 0 spiro atoms. The van der Waals surface area contributed by atoms with E-state index in [1.807, 2.05) is 0 Å². The molecule has 0 aliphatic carbocycles. The molecule has 6 heteroatoms. The summed E-state index contributed by atoms with van der Waals surface area (Å²) in [4.78, 5) is 7.65. The maximum absolute atomic E-state index is 13.8. The highest BCUT2D eigenvalue weighted by atomic mass is 32.2. The van der Waals surface area contributed by atoms with Crippen LogP contribution in [-0.2, 0) is 0 Å². The van der Waals surface area contributed by atoms with Gasteiger partial charge in [-0.3, -0.25) is 4.99 Å². The van der Waals surface area contributed by atoms with E-state index in [1.54, 1.807) is 23.9 Å². The molecule has 1 aromatic heterocycles. The van der Waals surface area contributed by atoms with Gasteiger partial charge in [0.05, 0.1) is 23.9 Å². The Morgan fingerprint density at radius 3 is 3.14 bits per heavy atom. The SMILES string of the molecule is OCCC1=C(c2ccc(F)c3ccoc23)N2CCN=C2S1. The summed E-state index contributed by atoms with van der Waals surface area (Å²) < 4.78 is 19.3. The molecule has 2 aromatic rings. The van der Waals surface area contributed by atoms with Crippen LogP contribution in [0, 0.1) is 5.82 Å². The predicted molar refractivity (Wildman–Crippen MR) is 81.4 cm³/mol. The lowest BCUT2D eigenvalue weighted by atomic mass is 10.1. The first kappa shape index (κ1) is 12.9. The van der Waals surface area contributed by atoms with Crippen molar-refractivity contribution in [1.82, 2.24) is 4.90 Å². The summed E-state index contributed by atoms with van der Waals surface area (Å²) in [7, 11) is 0. The fourth-order valence-corrected chi connectivity index (χ4v) is 3.99. The predicted octanol–water partition coefficient (Wildman–Crippen LogP) is 3.04. The van der Waals surface area contributed by atoms with Crippen LogP contribution in [0.15, 0.2) is 38.8 Å². The van der Waals surface area contributed by atoms with Crippen LogP contribution in [-0.4, -0.2) is 34.9 Å². The molecular weight excluding hydrogens is 291 g/mol. The van der Waals surface area contributed by atoms with Gasteiger partial charge >= 0.3 is 0 Å². The van der Waals surface area contributed by atoms with Crippen molar-refractivity contribution in [3.05, 3.63) is 40.7 Å². The zero-order valence-electron chi connectivity index (χ0n) is 11.2. The van der Waals surface area contributed by atoms with E-state index < -0.39 is 0 Å². The molecule has 2 aliphatic rings. The van der Waals surface area contributed by atoms with Crippen molar-refractivity contribution in [1.29, 1.82) is 0 Å². The Balaban J connectivity index is 1.92. The summed E-state index contributed by atoms with van der Waals surface area (Å²) in [6.45, 7) is 1.66. The van der Waals surface area contributed by atoms with E-state index in [9.17, 15) is 9.50 Å². The fraction of sp³-hybridized carbons (Fsp3) is 0.267. The van der Waals surface area contributed by atoms with E-state index in [4.69, 9.17) is 4.42 Å². The number of fused-ring (bicyclic) bond motifs is 2. The van der Waals surface area contributed by atoms with Crippen molar-refractivity contribution in [3.8, 4) is 0 Å². The van der Waals surface area contributed by atoms with E-state index in [-0.39, 0.29) is 12.4 Å². The number of benzene rings is 1. The van der Waals surface area contributed by atoms with Gasteiger partial charge in [0.1, 0.15) is 11.4 Å². The van der Waals surface area contributed by atoms with Crippen molar-refractivity contribution in [3.63, 3.8) is 0 Å². The molecule has 0 atom stereocenters. The molecule has 0 unspecified atom stereocenters. The highest BCUT2D eigenvalue weighted by molar-refractivity contribution is 8.17. The second-order valence-corrected chi connectivity index (χ2v) is 5.98. The Labute approximate surface area is 124 Å². The number of hydrogen-bond acceptors (Lipinski definition) is 5. The maximum atomic E-state index is 13.8. The second-order valence-electron chi connectivity index (χ2n) is 4.92. The Bertz CT molecular complexity index is 781. The van der Waals surface area contributed by atoms with Crippen molar-refractivity contribution >= 4 is 33.6 Å². The monoisotopic (exact) mass is 304 g/mol. The molecule has 108 valence electrons. The van der Waals surface area contributed by atoms with Gasteiger partial charge in [0.2, 0.25) is 0 Å². The number of nitrogens with zero attached hydrogens (tertiary/aromatic N) is 2. The molecule has 4 nitrogen and oxygen atoms in total. The Kier molecular flexibility index (Phi) is 3.01. The third-order valence-electron chi connectivity index (χ3n) is 3.71. The summed E-state index contributed by atoms with van der Waals surface area (Å²) in [6.07, 6.45) is 2.07. The number of halogens is 1. The molecule has 0 saturated heterocycles. The number of furan rings is 1. The standard InChI is InChI=1S/C15H13FN2O2S/c16-11-2-1-10(14-9(11)4-8-20-14)13-12(3-7-19)21-15-17-5-6-18(13)15/h1-2,4,8,19H,3,5-7H2. The molecule has 0 radical (unpaired) electrons. The molecule has 1 N–H and O–H groups in total. The van der Waals surface area contributed by atoms with E-state index in [2.05, 4.69) is 9.89 Å². The number of aliphatic hydroxyl groups excluding tert-OH is 1. The zero-order chi connectivity index (χ0) is 14.4. The van der Waals surface area contributed by atoms with Crippen molar-refractivity contribution in [2.45, 2.75) is 6.42 Å². The lowest BCUT2D eigenvalue weighted by Crippen LogP contribution is -2.20. The molecule has 1 aromatic carbocycles. The third-order valence-corrected chi connectivity index (χ3v) is 4.88. The number of hydrogen-bond donors (Lipinski definition) is 1. The van der Waals surface area contributed by atoms with Crippen LogP contribution in [0.25, 0.3) is 16.7 Å². The first-order valence-corrected chi connectivity index (χ1v) is 7.61. The quantitative estimate of drug-likeness (QED) is 0.947. The Morgan fingerprint density at radius 1 is 1.38 bits per heavy atom. The van der Waals surface area contributed by atoms with Gasteiger partial charge in [0, 0.05) is 30.0 Å². The zero-order valence-corrected chi connectivity index (χ0v) is 12.0. The van der Waals surface area contributed by atoms with Crippen molar-refractivity contribution in [2.75, 3.05) is 19.7 Å². The van der Waals surface area contributed by atoms with Crippen LogP contribution in [0.4, 0.5) is 4.39 Å². The van der Waals surface area contributed by atoms with E-state index >= 15 is 0 Å². The largest absolute Gasteiger partial charge is 0.464 e. The third kappa shape index (κ3) is 1.90. The van der Waals surface area contributed by atoms with E-state index in [0.29, 0.717) is 17.4 Å². The highest BCUT2D eigenvalue weighted by Gasteiger charge is 2.34. The number of amidine groups is 1. The van der Waals surface area contributed by atoms with Gasteiger partial charge in [-0.15, -0.1) is 0 Å². The molecule has 0 saturated carbocycles. The molecule has 4 rings (SSSR count). The molecule has 0 bridgehead atoms. The first-order chi connectivity index (χ1) is 10.3. The van der Waals surface area contributed by atoms with Gasteiger partial charge in [-0.1, -0.05) is 11.8 Å². The second kappa shape index (κ2) is 4.89. The van der Waals surface area contributed by atoms with E-state index in [0.717, 1.165) is 34.4 Å². The van der Waals surface area contributed by atoms with Crippen LogP contribution in [0.2, 0.25) is 0 Å². The highest BCUT2D eigenvalue weighted by Crippen LogP contribution is 2.45. The van der Waals surface area contributed by atoms with Gasteiger partial charge in [0.15, 0.2) is 5.17 Å². The van der Waals surface area contributed by atoms with E-state index in [1.165, 1.54) is 12.3 Å². The molecule has 0 amide bonds. The molecule has 0 fully saturated rings. The van der Waals surface area contributed by atoms with Crippen molar-refractivity contribution in [2.24, 2.45) is 4.99 Å². The minimum absolute atomic E-state index is 0.0788. The normalized spacial score (nSPS) is 17.8. The van der Waals surface area contributed by atoms with Crippen molar-refractivity contribution < 1.29 is 13.9 Å². The molecule has 21 heavy (non-hydrogen) atoms. The van der Waals surface area contributed by atoms with Crippen LogP contribution in [0.1, 0.15) is 12.0 Å². The number of aliphatic hydroxyl groups is 1. The van der Waals surface area contributed by atoms with Gasteiger partial charge < -0.3 is 14.4 Å². The van der Waals surface area contributed by atoms with Crippen LogP contribution >= 0.6 is 11.8 Å². The smallest absolute Gasteiger partial charge is 0.168 e. The van der Waals surface area contributed by atoms with Gasteiger partial charge in [-0.2, -0.15) is 0 Å². The number of rotatable bonds is 3. The van der Waals surface area contributed by atoms with Gasteiger partial charge in [0.25, 0.3) is 0 Å². The average Bonchev–Trinajstić information content (AvgIpc) is 3.15. The van der Waals surface area contributed by atoms with Crippen LogP contribution < -0.4 is 0 Å². The summed E-state index contributed by atoms with van der Waals surface area (Å²) >= 11 is 1.58. The molecule has 2 aliphatic heterocycles. The van der Waals surface area contributed by atoms with Crippen LogP contribution in [0.5, 0.6) is 0 Å². The summed E-state index contributed by atoms with van der Waals surface area (Å²) in [5.74, 6) is -0.284. The lowest BCUT2D eigenvalue weighted by Gasteiger charge is -2.17. The topological polar surface area (TPSA) is 49.0 Å².